The van der Waals surface area contributed by atoms with Crippen molar-refractivity contribution >= 4 is 15.9 Å². The first-order chi connectivity index (χ1) is 10.9. The van der Waals surface area contributed by atoms with Gasteiger partial charge in [-0.15, -0.1) is 0 Å². The van der Waals surface area contributed by atoms with Crippen LogP contribution >= 0.6 is 0 Å². The highest BCUT2D eigenvalue weighted by atomic mass is 32.2. The van der Waals surface area contributed by atoms with Gasteiger partial charge in [-0.25, -0.2) is 12.7 Å². The number of piperidine rings is 1. The van der Waals surface area contributed by atoms with Crippen LogP contribution in [0.5, 0.6) is 5.75 Å². The molecule has 0 aliphatic carbocycles. The molecule has 0 unspecified atom stereocenters. The number of amides is 1. The largest absolute Gasteiger partial charge is 0.494 e. The Balaban J connectivity index is 1.83. The van der Waals surface area contributed by atoms with Gasteiger partial charge in [0, 0.05) is 25.6 Å². The van der Waals surface area contributed by atoms with Crippen LogP contribution in [-0.4, -0.2) is 44.6 Å². The third-order valence-corrected chi connectivity index (χ3v) is 5.27. The minimum Gasteiger partial charge on any atom is -0.494 e. The maximum atomic E-state index is 12.2. The zero-order valence-electron chi connectivity index (χ0n) is 13.6. The fourth-order valence-electron chi connectivity index (χ4n) is 2.70. The fraction of sp³-hybridized carbons (Fsp3) is 0.562. The van der Waals surface area contributed by atoms with Crippen LogP contribution in [0.3, 0.4) is 0 Å². The van der Waals surface area contributed by atoms with Crippen molar-refractivity contribution < 1.29 is 17.9 Å². The van der Waals surface area contributed by atoms with E-state index in [1.165, 1.54) is 10.6 Å². The second kappa shape index (κ2) is 7.79. The number of sulfonamides is 1. The number of hydrogen-bond acceptors (Lipinski definition) is 4. The van der Waals surface area contributed by atoms with E-state index in [0.29, 0.717) is 39.1 Å². The number of nitrogens with one attached hydrogen (secondary N) is 1. The van der Waals surface area contributed by atoms with E-state index in [0.717, 1.165) is 11.3 Å². The lowest BCUT2D eigenvalue weighted by atomic mass is 9.97. The Hall–Kier alpha value is -1.60. The Bertz CT molecular complexity index is 637. The van der Waals surface area contributed by atoms with Crippen LogP contribution in [0, 0.1) is 5.92 Å². The summed E-state index contributed by atoms with van der Waals surface area (Å²) < 4.78 is 29.8. The van der Waals surface area contributed by atoms with E-state index in [4.69, 9.17) is 4.74 Å². The summed E-state index contributed by atoms with van der Waals surface area (Å²) in [6.45, 7) is 3.81. The molecule has 1 aliphatic rings. The van der Waals surface area contributed by atoms with Gasteiger partial charge in [0.2, 0.25) is 15.9 Å². The van der Waals surface area contributed by atoms with Gasteiger partial charge in [0.25, 0.3) is 0 Å². The Morgan fingerprint density at radius 3 is 2.65 bits per heavy atom. The first-order valence-electron chi connectivity index (χ1n) is 7.84. The van der Waals surface area contributed by atoms with Crippen molar-refractivity contribution in [1.82, 2.24) is 9.62 Å². The highest BCUT2D eigenvalue weighted by Crippen LogP contribution is 2.19. The minimum atomic E-state index is -3.15. The molecule has 0 atom stereocenters. The molecular formula is C16H24N2O4S. The molecule has 0 spiro atoms. The summed E-state index contributed by atoms with van der Waals surface area (Å²) in [4.78, 5) is 12.2. The molecule has 1 saturated heterocycles. The molecular weight excluding hydrogens is 316 g/mol. The van der Waals surface area contributed by atoms with Crippen LogP contribution in [0.1, 0.15) is 25.3 Å². The lowest BCUT2D eigenvalue weighted by Gasteiger charge is -2.29. The Morgan fingerprint density at radius 1 is 1.35 bits per heavy atom. The normalized spacial score (nSPS) is 17.0. The van der Waals surface area contributed by atoms with Crippen LogP contribution in [0.2, 0.25) is 0 Å². The minimum absolute atomic E-state index is 0.0139. The van der Waals surface area contributed by atoms with Gasteiger partial charge >= 0.3 is 0 Å². The first-order valence-corrected chi connectivity index (χ1v) is 9.69. The molecule has 1 aromatic carbocycles. The number of carbonyl (C=O) groups excluding carboxylic acids is 1. The van der Waals surface area contributed by atoms with E-state index in [1.807, 2.05) is 31.2 Å². The summed E-state index contributed by atoms with van der Waals surface area (Å²) in [7, 11) is -3.15. The van der Waals surface area contributed by atoms with E-state index < -0.39 is 10.0 Å². The predicted octanol–water partition coefficient (Wildman–Crippen LogP) is 1.37. The van der Waals surface area contributed by atoms with Crippen molar-refractivity contribution in [3.8, 4) is 5.75 Å². The molecule has 128 valence electrons. The van der Waals surface area contributed by atoms with Crippen molar-refractivity contribution in [2.75, 3.05) is 26.0 Å². The Kier molecular flexibility index (Phi) is 6.01. The second-order valence-corrected chi connectivity index (χ2v) is 7.72. The Morgan fingerprint density at radius 2 is 2.04 bits per heavy atom. The van der Waals surface area contributed by atoms with E-state index in [9.17, 15) is 13.2 Å². The van der Waals surface area contributed by atoms with Gasteiger partial charge in [-0.1, -0.05) is 12.1 Å². The Labute approximate surface area is 137 Å². The fourth-order valence-corrected chi connectivity index (χ4v) is 3.57. The van der Waals surface area contributed by atoms with Gasteiger partial charge in [0.05, 0.1) is 12.9 Å². The van der Waals surface area contributed by atoms with Gasteiger partial charge in [-0.3, -0.25) is 4.79 Å². The number of ether oxygens (including phenoxy) is 1. The maximum absolute atomic E-state index is 12.2. The van der Waals surface area contributed by atoms with Crippen LogP contribution in [0.15, 0.2) is 24.3 Å². The van der Waals surface area contributed by atoms with E-state index in [2.05, 4.69) is 5.32 Å². The summed E-state index contributed by atoms with van der Waals surface area (Å²) in [6, 6.07) is 7.64. The number of rotatable bonds is 6. The summed E-state index contributed by atoms with van der Waals surface area (Å²) in [6.07, 6.45) is 2.34. The van der Waals surface area contributed by atoms with Gasteiger partial charge in [0.1, 0.15) is 5.75 Å². The van der Waals surface area contributed by atoms with Crippen LogP contribution < -0.4 is 10.1 Å². The molecule has 0 bridgehead atoms. The molecule has 0 radical (unpaired) electrons. The molecule has 1 aliphatic heterocycles. The zero-order chi connectivity index (χ0) is 16.9. The van der Waals surface area contributed by atoms with Crippen LogP contribution in [0.25, 0.3) is 0 Å². The van der Waals surface area contributed by atoms with Crippen molar-refractivity contribution in [2.45, 2.75) is 26.3 Å². The number of benzene rings is 1. The van der Waals surface area contributed by atoms with Crippen molar-refractivity contribution in [3.63, 3.8) is 0 Å². The third-order valence-electron chi connectivity index (χ3n) is 3.97. The summed E-state index contributed by atoms with van der Waals surface area (Å²) >= 11 is 0. The quantitative estimate of drug-likeness (QED) is 0.849. The lowest BCUT2D eigenvalue weighted by Crippen LogP contribution is -2.42. The molecule has 1 amide bonds. The molecule has 2 rings (SSSR count). The molecule has 1 fully saturated rings. The van der Waals surface area contributed by atoms with Crippen LogP contribution in [-0.2, 0) is 21.4 Å². The maximum Gasteiger partial charge on any atom is 0.223 e. The molecule has 7 heteroatoms. The second-order valence-electron chi connectivity index (χ2n) is 5.73. The topological polar surface area (TPSA) is 75.7 Å². The highest BCUT2D eigenvalue weighted by molar-refractivity contribution is 7.88. The molecule has 1 N–H and O–H groups in total. The summed E-state index contributed by atoms with van der Waals surface area (Å²) in [5.74, 6) is 0.656. The molecule has 0 saturated carbocycles. The summed E-state index contributed by atoms with van der Waals surface area (Å²) in [5, 5.41) is 2.93. The van der Waals surface area contributed by atoms with E-state index >= 15 is 0 Å². The van der Waals surface area contributed by atoms with E-state index in [1.54, 1.807) is 0 Å². The van der Waals surface area contributed by atoms with Crippen molar-refractivity contribution in [1.29, 1.82) is 0 Å². The third kappa shape index (κ3) is 5.21. The zero-order valence-corrected chi connectivity index (χ0v) is 14.4. The molecule has 1 heterocycles. The van der Waals surface area contributed by atoms with Gasteiger partial charge in [-0.2, -0.15) is 0 Å². The van der Waals surface area contributed by atoms with Crippen molar-refractivity contribution in [2.24, 2.45) is 5.92 Å². The van der Waals surface area contributed by atoms with Gasteiger partial charge < -0.3 is 10.1 Å². The number of nitrogens with zero attached hydrogens (tertiary/aromatic N) is 1. The summed E-state index contributed by atoms with van der Waals surface area (Å²) in [5.41, 5.74) is 0.984. The molecule has 0 aromatic heterocycles. The van der Waals surface area contributed by atoms with E-state index in [-0.39, 0.29) is 11.8 Å². The number of hydrogen-bond donors (Lipinski definition) is 1. The van der Waals surface area contributed by atoms with Crippen LogP contribution in [0.4, 0.5) is 0 Å². The molecule has 6 nitrogen and oxygen atoms in total. The standard InChI is InChI=1S/C16H24N2O4S/c1-3-22-15-6-4-5-13(11-15)12-17-16(19)14-7-9-18(10-8-14)23(2,20)21/h4-6,11,14H,3,7-10,12H2,1-2H3,(H,17,19). The average molecular weight is 340 g/mol. The van der Waals surface area contributed by atoms with Gasteiger partial charge in [-0.05, 0) is 37.5 Å². The lowest BCUT2D eigenvalue weighted by molar-refractivity contribution is -0.126. The monoisotopic (exact) mass is 340 g/mol. The average Bonchev–Trinajstić information content (AvgIpc) is 2.53. The smallest absolute Gasteiger partial charge is 0.223 e. The predicted molar refractivity (Wildman–Crippen MR) is 88.6 cm³/mol. The number of carbonyl (C=O) groups is 1. The molecule has 23 heavy (non-hydrogen) atoms. The van der Waals surface area contributed by atoms with Crippen molar-refractivity contribution in [3.05, 3.63) is 29.8 Å². The van der Waals surface area contributed by atoms with Gasteiger partial charge in [0.15, 0.2) is 0 Å². The highest BCUT2D eigenvalue weighted by Gasteiger charge is 2.28. The first kappa shape index (κ1) is 17.7. The molecule has 1 aromatic rings. The SMILES string of the molecule is CCOc1cccc(CNC(=O)C2CCN(S(C)(=O)=O)CC2)c1.